The second-order valence-electron chi connectivity index (χ2n) is 7.35. The Balaban J connectivity index is 1.56. The number of para-hydroxylation sites is 1. The molecule has 1 aliphatic heterocycles. The smallest absolute Gasteiger partial charge is 0.311 e. The number of nitrogens with zero attached hydrogens (tertiary/aromatic N) is 1. The van der Waals surface area contributed by atoms with Gasteiger partial charge in [-0.15, -0.1) is 0 Å². The van der Waals surface area contributed by atoms with E-state index < -0.39 is 11.4 Å². The highest BCUT2D eigenvalue weighted by Gasteiger charge is 2.54. The van der Waals surface area contributed by atoms with Crippen molar-refractivity contribution < 1.29 is 14.6 Å². The van der Waals surface area contributed by atoms with Crippen molar-refractivity contribution in [2.75, 3.05) is 13.1 Å². The second-order valence-corrected chi connectivity index (χ2v) is 7.76. The summed E-state index contributed by atoms with van der Waals surface area (Å²) in [5.74, 6) is 1.07. The first kappa shape index (κ1) is 17.4. The Hall–Kier alpha value is -2.04. The van der Waals surface area contributed by atoms with Crippen molar-refractivity contribution in [1.29, 1.82) is 0 Å². The number of ether oxygens (including phenoxy) is 1. The van der Waals surface area contributed by atoms with Crippen LogP contribution < -0.4 is 4.74 Å². The van der Waals surface area contributed by atoms with E-state index in [2.05, 4.69) is 4.90 Å². The van der Waals surface area contributed by atoms with Gasteiger partial charge in [0.2, 0.25) is 0 Å². The first-order valence-electron chi connectivity index (χ1n) is 9.04. The molecule has 1 N–H and O–H groups in total. The number of carbonyl (C=O) groups is 1. The van der Waals surface area contributed by atoms with Crippen molar-refractivity contribution in [3.8, 4) is 11.5 Å². The van der Waals surface area contributed by atoms with E-state index in [4.69, 9.17) is 16.3 Å². The van der Waals surface area contributed by atoms with E-state index >= 15 is 0 Å². The van der Waals surface area contributed by atoms with Crippen molar-refractivity contribution >= 4 is 17.6 Å². The largest absolute Gasteiger partial charge is 0.481 e. The molecule has 0 spiro atoms. The number of carboxylic acids is 1. The molecule has 1 saturated heterocycles. The summed E-state index contributed by atoms with van der Waals surface area (Å²) in [6, 6.07) is 15.3. The minimum absolute atomic E-state index is 0.237. The molecule has 136 valence electrons. The quantitative estimate of drug-likeness (QED) is 0.818. The number of fused-ring (bicyclic) bond motifs is 1. The molecule has 0 radical (unpaired) electrons. The lowest BCUT2D eigenvalue weighted by Crippen LogP contribution is -2.35. The molecule has 0 amide bonds. The topological polar surface area (TPSA) is 49.8 Å². The first-order chi connectivity index (χ1) is 12.6. The van der Waals surface area contributed by atoms with Gasteiger partial charge in [-0.3, -0.25) is 9.69 Å². The molecule has 26 heavy (non-hydrogen) atoms. The van der Waals surface area contributed by atoms with Gasteiger partial charge in [-0.1, -0.05) is 42.3 Å². The maximum absolute atomic E-state index is 11.9. The van der Waals surface area contributed by atoms with Crippen LogP contribution in [-0.2, 0) is 11.3 Å². The molecule has 2 aliphatic rings. The summed E-state index contributed by atoms with van der Waals surface area (Å²) in [6.07, 6.45) is 2.79. The molecule has 0 unspecified atom stereocenters. The van der Waals surface area contributed by atoms with Gasteiger partial charge in [0.1, 0.15) is 11.5 Å². The number of hydrogen-bond acceptors (Lipinski definition) is 3. The van der Waals surface area contributed by atoms with E-state index in [0.29, 0.717) is 18.1 Å². The van der Waals surface area contributed by atoms with E-state index in [0.717, 1.165) is 42.9 Å². The number of likely N-dealkylation sites (tertiary alicyclic amines) is 1. The molecule has 4 rings (SSSR count). The van der Waals surface area contributed by atoms with Crippen LogP contribution in [0.4, 0.5) is 0 Å². The average molecular weight is 372 g/mol. The zero-order valence-electron chi connectivity index (χ0n) is 14.5. The molecule has 1 aliphatic carbocycles. The summed E-state index contributed by atoms with van der Waals surface area (Å²) in [6.45, 7) is 2.00. The second kappa shape index (κ2) is 6.93. The van der Waals surface area contributed by atoms with Crippen molar-refractivity contribution in [2.24, 2.45) is 11.3 Å². The third-order valence-corrected chi connectivity index (χ3v) is 6.15. The third kappa shape index (κ3) is 3.08. The predicted octanol–water partition coefficient (Wildman–Crippen LogP) is 4.82. The number of hydrogen-bond donors (Lipinski definition) is 1. The summed E-state index contributed by atoms with van der Waals surface area (Å²) in [7, 11) is 0. The number of halogens is 1. The van der Waals surface area contributed by atoms with Gasteiger partial charge in [-0.25, -0.2) is 0 Å². The van der Waals surface area contributed by atoms with Crippen molar-refractivity contribution in [1.82, 2.24) is 4.90 Å². The molecule has 2 aromatic rings. The molecule has 1 saturated carbocycles. The minimum Gasteiger partial charge on any atom is -0.481 e. The highest BCUT2D eigenvalue weighted by molar-refractivity contribution is 6.31. The number of benzene rings is 2. The highest BCUT2D eigenvalue weighted by atomic mass is 35.5. The molecule has 2 fully saturated rings. The summed E-state index contributed by atoms with van der Waals surface area (Å²) in [5, 5.41) is 10.4. The predicted molar refractivity (Wildman–Crippen MR) is 101 cm³/mol. The van der Waals surface area contributed by atoms with E-state index in [1.165, 1.54) is 0 Å². The van der Waals surface area contributed by atoms with Gasteiger partial charge in [-0.05, 0) is 43.0 Å². The fourth-order valence-electron chi connectivity index (χ4n) is 4.49. The number of rotatable bonds is 5. The van der Waals surface area contributed by atoms with E-state index in [9.17, 15) is 9.90 Å². The first-order valence-corrected chi connectivity index (χ1v) is 9.42. The van der Waals surface area contributed by atoms with Crippen LogP contribution in [0.5, 0.6) is 11.5 Å². The Morgan fingerprint density at radius 1 is 1.23 bits per heavy atom. The maximum atomic E-state index is 11.9. The van der Waals surface area contributed by atoms with Crippen molar-refractivity contribution in [2.45, 2.75) is 25.8 Å². The maximum Gasteiger partial charge on any atom is 0.311 e. The summed E-state index contributed by atoms with van der Waals surface area (Å²) < 4.78 is 6.04. The standard InChI is InChI=1S/C21H22ClNO3/c22-18-9-4-10-19(26-16-7-2-1-3-8-16)17(18)13-23-12-15-6-5-11-21(15,14-23)20(24)25/h1-4,7-10,15H,5-6,11-14H2,(H,24,25)/t15-,21+/m0/s1. The summed E-state index contributed by atoms with van der Waals surface area (Å²) in [4.78, 5) is 14.1. The molecular weight excluding hydrogens is 350 g/mol. The number of aliphatic carboxylic acids is 1. The lowest BCUT2D eigenvalue weighted by Gasteiger charge is -2.24. The monoisotopic (exact) mass is 371 g/mol. The highest BCUT2D eigenvalue weighted by Crippen LogP contribution is 2.49. The van der Waals surface area contributed by atoms with E-state index in [1.807, 2.05) is 48.5 Å². The zero-order chi connectivity index (χ0) is 18.1. The van der Waals surface area contributed by atoms with Gasteiger partial charge >= 0.3 is 5.97 Å². The Morgan fingerprint density at radius 3 is 2.77 bits per heavy atom. The molecule has 4 nitrogen and oxygen atoms in total. The lowest BCUT2D eigenvalue weighted by molar-refractivity contribution is -0.149. The Bertz CT molecular complexity index is 810. The van der Waals surface area contributed by atoms with Gasteiger partial charge in [0.15, 0.2) is 0 Å². The Kier molecular flexibility index (Phi) is 4.63. The van der Waals surface area contributed by atoms with Gasteiger partial charge < -0.3 is 9.84 Å². The van der Waals surface area contributed by atoms with Crippen LogP contribution in [0.25, 0.3) is 0 Å². The van der Waals surface area contributed by atoms with Crippen LogP contribution in [0, 0.1) is 11.3 Å². The molecular formula is C21H22ClNO3. The third-order valence-electron chi connectivity index (χ3n) is 5.80. The SMILES string of the molecule is O=C(O)[C@@]12CCC[C@H]1CN(Cc1c(Cl)cccc1Oc1ccccc1)C2. The zero-order valence-corrected chi connectivity index (χ0v) is 15.3. The van der Waals surface area contributed by atoms with Crippen LogP contribution in [0.3, 0.4) is 0 Å². The fourth-order valence-corrected chi connectivity index (χ4v) is 4.72. The summed E-state index contributed by atoms with van der Waals surface area (Å²) in [5.41, 5.74) is 0.334. The Labute approximate surface area is 158 Å². The van der Waals surface area contributed by atoms with Gasteiger partial charge in [0, 0.05) is 30.2 Å². The minimum atomic E-state index is -0.651. The Morgan fingerprint density at radius 2 is 2.04 bits per heavy atom. The van der Waals surface area contributed by atoms with Gasteiger partial charge in [0.25, 0.3) is 0 Å². The molecule has 5 heteroatoms. The van der Waals surface area contributed by atoms with Crippen molar-refractivity contribution in [3.05, 3.63) is 59.1 Å². The molecule has 0 aromatic heterocycles. The lowest BCUT2D eigenvalue weighted by atomic mass is 9.81. The van der Waals surface area contributed by atoms with Crippen LogP contribution in [-0.4, -0.2) is 29.1 Å². The van der Waals surface area contributed by atoms with Crippen LogP contribution in [0.15, 0.2) is 48.5 Å². The molecule has 2 atom stereocenters. The summed E-state index contributed by atoms with van der Waals surface area (Å²) >= 11 is 6.47. The van der Waals surface area contributed by atoms with Crippen LogP contribution in [0.1, 0.15) is 24.8 Å². The van der Waals surface area contributed by atoms with Gasteiger partial charge in [0.05, 0.1) is 5.41 Å². The molecule has 1 heterocycles. The molecule has 0 bridgehead atoms. The average Bonchev–Trinajstić information content (AvgIpc) is 3.17. The van der Waals surface area contributed by atoms with Crippen LogP contribution >= 0.6 is 11.6 Å². The van der Waals surface area contributed by atoms with E-state index in [1.54, 1.807) is 0 Å². The molecule has 2 aromatic carbocycles. The van der Waals surface area contributed by atoms with Crippen LogP contribution in [0.2, 0.25) is 5.02 Å². The van der Waals surface area contributed by atoms with Crippen molar-refractivity contribution in [3.63, 3.8) is 0 Å². The normalized spacial score (nSPS) is 25.2. The van der Waals surface area contributed by atoms with Gasteiger partial charge in [-0.2, -0.15) is 0 Å². The van der Waals surface area contributed by atoms with E-state index in [-0.39, 0.29) is 5.92 Å². The fraction of sp³-hybridized carbons (Fsp3) is 0.381. The number of carboxylic acid groups (broad SMARTS) is 1.